The van der Waals surface area contributed by atoms with Gasteiger partial charge in [0.15, 0.2) is 0 Å². The van der Waals surface area contributed by atoms with Crippen molar-refractivity contribution in [2.75, 3.05) is 26.7 Å². The minimum Gasteiger partial charge on any atom is -0.355 e. The molecule has 1 saturated heterocycles. The molecule has 1 unspecified atom stereocenters. The Balaban J connectivity index is 1.92. The molecule has 4 N–H and O–H groups in total. The molecular formula is C18H28N4O2. The Morgan fingerprint density at radius 3 is 2.67 bits per heavy atom. The zero-order chi connectivity index (χ0) is 17.4. The first kappa shape index (κ1) is 18.4. The van der Waals surface area contributed by atoms with E-state index < -0.39 is 0 Å². The number of nitrogens with two attached hydrogens (primary N) is 1. The molecule has 24 heavy (non-hydrogen) atoms. The predicted molar refractivity (Wildman–Crippen MR) is 94.6 cm³/mol. The molecule has 1 aliphatic heterocycles. The molecule has 0 bridgehead atoms. The SMILES string of the molecule is CNC(=O)c1ccc(CN2CCCCC2CNC(=O)CCN)cc1. The molecule has 0 aromatic heterocycles. The molecule has 0 aliphatic carbocycles. The van der Waals surface area contributed by atoms with Crippen molar-refractivity contribution in [1.29, 1.82) is 0 Å². The molecule has 1 atom stereocenters. The topological polar surface area (TPSA) is 87.5 Å². The van der Waals surface area contributed by atoms with Gasteiger partial charge in [-0.2, -0.15) is 0 Å². The van der Waals surface area contributed by atoms with Crippen LogP contribution in [0.5, 0.6) is 0 Å². The molecule has 132 valence electrons. The molecular weight excluding hydrogens is 304 g/mol. The summed E-state index contributed by atoms with van der Waals surface area (Å²) in [7, 11) is 1.63. The van der Waals surface area contributed by atoms with Crippen molar-refractivity contribution in [3.63, 3.8) is 0 Å². The van der Waals surface area contributed by atoms with E-state index in [-0.39, 0.29) is 11.8 Å². The van der Waals surface area contributed by atoms with Crippen molar-refractivity contribution >= 4 is 11.8 Å². The fraction of sp³-hybridized carbons (Fsp3) is 0.556. The van der Waals surface area contributed by atoms with Crippen LogP contribution in [0.2, 0.25) is 0 Å². The number of benzene rings is 1. The third-order valence-electron chi connectivity index (χ3n) is 4.48. The summed E-state index contributed by atoms with van der Waals surface area (Å²) in [5.74, 6) is -0.0435. The molecule has 0 radical (unpaired) electrons. The summed E-state index contributed by atoms with van der Waals surface area (Å²) in [5.41, 5.74) is 7.27. The second kappa shape index (κ2) is 9.39. The monoisotopic (exact) mass is 332 g/mol. The fourth-order valence-corrected chi connectivity index (χ4v) is 3.09. The summed E-state index contributed by atoms with van der Waals surface area (Å²) in [4.78, 5) is 25.6. The van der Waals surface area contributed by atoms with Gasteiger partial charge in [0.05, 0.1) is 0 Å². The first-order valence-corrected chi connectivity index (χ1v) is 8.66. The van der Waals surface area contributed by atoms with Crippen LogP contribution in [0, 0.1) is 0 Å². The number of carbonyl (C=O) groups is 2. The lowest BCUT2D eigenvalue weighted by molar-refractivity contribution is -0.121. The number of hydrogen-bond acceptors (Lipinski definition) is 4. The van der Waals surface area contributed by atoms with Crippen LogP contribution in [0.4, 0.5) is 0 Å². The lowest BCUT2D eigenvalue weighted by Gasteiger charge is -2.36. The van der Waals surface area contributed by atoms with Crippen LogP contribution in [-0.4, -0.2) is 49.4 Å². The van der Waals surface area contributed by atoms with Crippen molar-refractivity contribution in [1.82, 2.24) is 15.5 Å². The van der Waals surface area contributed by atoms with Crippen LogP contribution >= 0.6 is 0 Å². The van der Waals surface area contributed by atoms with Crippen molar-refractivity contribution in [3.8, 4) is 0 Å². The third-order valence-corrected chi connectivity index (χ3v) is 4.48. The molecule has 1 aromatic carbocycles. The Kier molecular flexibility index (Phi) is 7.21. The van der Waals surface area contributed by atoms with Gasteiger partial charge in [0, 0.05) is 44.7 Å². The van der Waals surface area contributed by atoms with Crippen LogP contribution < -0.4 is 16.4 Å². The average molecular weight is 332 g/mol. The lowest BCUT2D eigenvalue weighted by Crippen LogP contribution is -2.46. The maximum atomic E-state index is 11.6. The molecule has 2 rings (SSSR count). The van der Waals surface area contributed by atoms with Crippen molar-refractivity contribution in [2.45, 2.75) is 38.3 Å². The number of piperidine rings is 1. The predicted octanol–water partition coefficient (Wildman–Crippen LogP) is 0.866. The third kappa shape index (κ3) is 5.32. The molecule has 1 fully saturated rings. The van der Waals surface area contributed by atoms with Crippen molar-refractivity contribution in [2.24, 2.45) is 5.73 Å². The zero-order valence-corrected chi connectivity index (χ0v) is 14.4. The first-order chi connectivity index (χ1) is 11.6. The second-order valence-electron chi connectivity index (χ2n) is 6.24. The van der Waals surface area contributed by atoms with Gasteiger partial charge in [-0.1, -0.05) is 18.6 Å². The average Bonchev–Trinajstić information content (AvgIpc) is 2.61. The quantitative estimate of drug-likeness (QED) is 0.691. The normalized spacial score (nSPS) is 18.2. The van der Waals surface area contributed by atoms with Gasteiger partial charge in [-0.3, -0.25) is 14.5 Å². The van der Waals surface area contributed by atoms with E-state index in [2.05, 4.69) is 15.5 Å². The van der Waals surface area contributed by atoms with Gasteiger partial charge in [0.2, 0.25) is 5.91 Å². The van der Waals surface area contributed by atoms with Crippen molar-refractivity contribution < 1.29 is 9.59 Å². The summed E-state index contributed by atoms with van der Waals surface area (Å²) in [6.07, 6.45) is 3.86. The summed E-state index contributed by atoms with van der Waals surface area (Å²) < 4.78 is 0. The van der Waals surface area contributed by atoms with Gasteiger partial charge >= 0.3 is 0 Å². The van der Waals surface area contributed by atoms with E-state index >= 15 is 0 Å². The Morgan fingerprint density at radius 1 is 1.25 bits per heavy atom. The van der Waals surface area contributed by atoms with Gasteiger partial charge in [-0.05, 0) is 37.1 Å². The number of likely N-dealkylation sites (tertiary alicyclic amines) is 1. The highest BCUT2D eigenvalue weighted by Crippen LogP contribution is 2.19. The van der Waals surface area contributed by atoms with Crippen molar-refractivity contribution in [3.05, 3.63) is 35.4 Å². The Hall–Kier alpha value is -1.92. The van der Waals surface area contributed by atoms with E-state index in [4.69, 9.17) is 5.73 Å². The van der Waals surface area contributed by atoms with E-state index in [9.17, 15) is 9.59 Å². The Morgan fingerprint density at radius 2 is 2.00 bits per heavy atom. The minimum atomic E-state index is -0.0694. The number of nitrogens with zero attached hydrogens (tertiary/aromatic N) is 1. The maximum Gasteiger partial charge on any atom is 0.251 e. The Labute approximate surface area is 143 Å². The summed E-state index contributed by atoms with van der Waals surface area (Å²) in [6, 6.07) is 8.08. The molecule has 2 amide bonds. The number of amides is 2. The molecule has 1 aliphatic rings. The van der Waals surface area contributed by atoms with Gasteiger partial charge < -0.3 is 16.4 Å². The van der Waals surface area contributed by atoms with Gasteiger partial charge in [-0.15, -0.1) is 0 Å². The Bertz CT molecular complexity index is 544. The zero-order valence-electron chi connectivity index (χ0n) is 14.4. The number of hydrogen-bond donors (Lipinski definition) is 3. The van der Waals surface area contributed by atoms with E-state index in [1.807, 2.05) is 24.3 Å². The largest absolute Gasteiger partial charge is 0.355 e. The van der Waals surface area contributed by atoms with Crippen LogP contribution in [0.15, 0.2) is 24.3 Å². The van der Waals surface area contributed by atoms with Crippen LogP contribution in [0.1, 0.15) is 41.6 Å². The van der Waals surface area contributed by atoms with Crippen LogP contribution in [-0.2, 0) is 11.3 Å². The van der Waals surface area contributed by atoms with E-state index in [0.29, 0.717) is 31.1 Å². The highest BCUT2D eigenvalue weighted by Gasteiger charge is 2.22. The number of carbonyl (C=O) groups excluding carboxylic acids is 2. The lowest BCUT2D eigenvalue weighted by atomic mass is 10.0. The van der Waals surface area contributed by atoms with E-state index in [0.717, 1.165) is 19.5 Å². The van der Waals surface area contributed by atoms with Gasteiger partial charge in [0.25, 0.3) is 5.91 Å². The molecule has 1 aromatic rings. The van der Waals surface area contributed by atoms with Gasteiger partial charge in [-0.25, -0.2) is 0 Å². The minimum absolute atomic E-state index is 0.0259. The molecule has 1 heterocycles. The molecule has 0 saturated carbocycles. The van der Waals surface area contributed by atoms with Crippen LogP contribution in [0.25, 0.3) is 0 Å². The van der Waals surface area contributed by atoms with Crippen LogP contribution in [0.3, 0.4) is 0 Å². The fourth-order valence-electron chi connectivity index (χ4n) is 3.09. The summed E-state index contributed by atoms with van der Waals surface area (Å²) in [6.45, 7) is 2.94. The van der Waals surface area contributed by atoms with E-state index in [1.54, 1.807) is 7.05 Å². The van der Waals surface area contributed by atoms with Gasteiger partial charge in [0.1, 0.15) is 0 Å². The first-order valence-electron chi connectivity index (χ1n) is 8.66. The molecule has 0 spiro atoms. The summed E-state index contributed by atoms with van der Waals surface area (Å²) >= 11 is 0. The highest BCUT2D eigenvalue weighted by atomic mass is 16.2. The number of nitrogens with one attached hydrogen (secondary N) is 2. The molecule has 6 heteroatoms. The second-order valence-corrected chi connectivity index (χ2v) is 6.24. The maximum absolute atomic E-state index is 11.6. The summed E-state index contributed by atoms with van der Waals surface area (Å²) in [5, 5.41) is 5.62. The number of rotatable bonds is 7. The smallest absolute Gasteiger partial charge is 0.251 e. The molecule has 6 nitrogen and oxygen atoms in total. The standard InChI is InChI=1S/C18H28N4O2/c1-20-18(24)15-7-5-14(6-8-15)13-22-11-3-2-4-16(22)12-21-17(23)9-10-19/h5-8,16H,2-4,9-13,19H2,1H3,(H,20,24)(H,21,23). The highest BCUT2D eigenvalue weighted by molar-refractivity contribution is 5.93. The van der Waals surface area contributed by atoms with E-state index in [1.165, 1.54) is 18.4 Å².